The Kier molecular flexibility index (Phi) is 7.71. The third kappa shape index (κ3) is 4.48. The Hall–Kier alpha value is -1.40. The average molecular weight is 519 g/mol. The van der Waals surface area contributed by atoms with Gasteiger partial charge >= 0.3 is 11.9 Å². The van der Waals surface area contributed by atoms with Gasteiger partial charge in [-0.2, -0.15) is 0 Å². The van der Waals surface area contributed by atoms with Crippen molar-refractivity contribution in [2.45, 2.75) is 118 Å². The molecule has 4 aliphatic rings. The highest BCUT2D eigenvalue weighted by atomic mass is 16.5. The molecular weight excluding hydrogens is 468 g/mol. The maximum absolute atomic E-state index is 12.7. The number of esters is 1. The lowest BCUT2D eigenvalue weighted by molar-refractivity contribution is -0.240. The molecule has 0 unspecified atom stereocenters. The lowest BCUT2D eigenvalue weighted by Gasteiger charge is -2.69. The summed E-state index contributed by atoms with van der Waals surface area (Å²) in [5.74, 6) is -1.54. The molecule has 4 aliphatic carbocycles. The van der Waals surface area contributed by atoms with Gasteiger partial charge in [0.2, 0.25) is 0 Å². The van der Waals surface area contributed by atoms with Gasteiger partial charge in [-0.3, -0.25) is 9.59 Å². The SMILES string of the molecule is CC(=O)O[C@H]1C[C@@]2(C)[C@@H](C[C@@H](O)[C@H]3[C@@]4(C)CC[C@@H](O)[C@@H](C)[C@@H]4CC[C@@]32C)[C@H]1[C@@H](CCC=C(C)C)C(=O)O. The number of aliphatic hydroxyl groups excluding tert-OH is 2. The van der Waals surface area contributed by atoms with Crippen LogP contribution >= 0.6 is 0 Å². The summed E-state index contributed by atoms with van der Waals surface area (Å²) in [7, 11) is 0. The number of rotatable bonds is 6. The first kappa shape index (κ1) is 28.6. The Morgan fingerprint density at radius 2 is 1.68 bits per heavy atom. The number of hydrogen-bond acceptors (Lipinski definition) is 5. The van der Waals surface area contributed by atoms with Crippen LogP contribution in [-0.2, 0) is 14.3 Å². The van der Waals surface area contributed by atoms with Crippen LogP contribution in [0.1, 0.15) is 99.8 Å². The Balaban J connectivity index is 1.75. The molecule has 12 atom stereocenters. The van der Waals surface area contributed by atoms with Crippen molar-refractivity contribution in [3.8, 4) is 0 Å². The van der Waals surface area contributed by atoms with E-state index in [0.717, 1.165) is 31.3 Å². The van der Waals surface area contributed by atoms with E-state index in [1.807, 2.05) is 13.8 Å². The third-order valence-electron chi connectivity index (χ3n) is 12.1. The topological polar surface area (TPSA) is 104 Å². The van der Waals surface area contributed by atoms with E-state index in [0.29, 0.717) is 31.6 Å². The van der Waals surface area contributed by atoms with E-state index in [2.05, 4.69) is 33.8 Å². The van der Waals surface area contributed by atoms with Crippen LogP contribution in [0.5, 0.6) is 0 Å². The van der Waals surface area contributed by atoms with E-state index in [4.69, 9.17) is 4.74 Å². The summed E-state index contributed by atoms with van der Waals surface area (Å²) < 4.78 is 5.93. The second kappa shape index (κ2) is 9.97. The number of hydrogen-bond donors (Lipinski definition) is 3. The van der Waals surface area contributed by atoms with Crippen LogP contribution < -0.4 is 0 Å². The van der Waals surface area contributed by atoms with E-state index in [1.54, 1.807) is 0 Å². The molecule has 0 aliphatic heterocycles. The Morgan fingerprint density at radius 1 is 1.00 bits per heavy atom. The minimum absolute atomic E-state index is 0.0346. The highest BCUT2D eigenvalue weighted by Gasteiger charge is 2.72. The van der Waals surface area contributed by atoms with Gasteiger partial charge in [-0.1, -0.05) is 39.3 Å². The Labute approximate surface area is 223 Å². The van der Waals surface area contributed by atoms with Gasteiger partial charge in [-0.15, -0.1) is 0 Å². The molecule has 37 heavy (non-hydrogen) atoms. The molecule has 0 spiro atoms. The van der Waals surface area contributed by atoms with Crippen molar-refractivity contribution < 1.29 is 29.6 Å². The van der Waals surface area contributed by atoms with Gasteiger partial charge in [-0.05, 0) is 105 Å². The molecule has 0 radical (unpaired) electrons. The van der Waals surface area contributed by atoms with Crippen molar-refractivity contribution in [2.24, 2.45) is 51.8 Å². The zero-order valence-corrected chi connectivity index (χ0v) is 24.0. The summed E-state index contributed by atoms with van der Waals surface area (Å²) >= 11 is 0. The zero-order valence-electron chi connectivity index (χ0n) is 24.0. The first-order valence-electron chi connectivity index (χ1n) is 14.6. The number of ether oxygens (including phenoxy) is 1. The molecule has 0 aromatic carbocycles. The van der Waals surface area contributed by atoms with Gasteiger partial charge in [0.1, 0.15) is 6.10 Å². The molecule has 6 nitrogen and oxygen atoms in total. The molecule has 0 aromatic rings. The molecule has 210 valence electrons. The molecule has 3 N–H and O–H groups in total. The first-order valence-corrected chi connectivity index (χ1v) is 14.6. The van der Waals surface area contributed by atoms with E-state index in [1.165, 1.54) is 6.92 Å². The second-order valence-electron chi connectivity index (χ2n) is 14.1. The molecule has 6 heteroatoms. The van der Waals surface area contributed by atoms with Crippen LogP contribution in [0.2, 0.25) is 0 Å². The quantitative estimate of drug-likeness (QED) is 0.312. The maximum Gasteiger partial charge on any atom is 0.306 e. The monoisotopic (exact) mass is 518 g/mol. The van der Waals surface area contributed by atoms with Crippen molar-refractivity contribution in [3.05, 3.63) is 11.6 Å². The number of aliphatic carboxylic acids is 1. The number of carbonyl (C=O) groups is 2. The summed E-state index contributed by atoms with van der Waals surface area (Å²) in [4.78, 5) is 24.9. The van der Waals surface area contributed by atoms with Crippen LogP contribution in [-0.4, -0.2) is 45.6 Å². The Morgan fingerprint density at radius 3 is 2.27 bits per heavy atom. The van der Waals surface area contributed by atoms with Crippen molar-refractivity contribution in [2.75, 3.05) is 0 Å². The van der Waals surface area contributed by atoms with Crippen molar-refractivity contribution in [3.63, 3.8) is 0 Å². The fourth-order valence-electron chi connectivity index (χ4n) is 10.4. The van der Waals surface area contributed by atoms with Crippen LogP contribution in [0.4, 0.5) is 0 Å². The first-order chi connectivity index (χ1) is 17.2. The van der Waals surface area contributed by atoms with Gasteiger partial charge in [0.15, 0.2) is 0 Å². The van der Waals surface area contributed by atoms with Gasteiger partial charge in [0.25, 0.3) is 0 Å². The summed E-state index contributed by atoms with van der Waals surface area (Å²) in [6, 6.07) is 0. The molecule has 4 rings (SSSR count). The largest absolute Gasteiger partial charge is 0.481 e. The number of carboxylic acids is 1. The highest BCUT2D eigenvalue weighted by Crippen LogP contribution is 2.74. The van der Waals surface area contributed by atoms with Crippen LogP contribution in [0, 0.1) is 51.8 Å². The predicted molar refractivity (Wildman–Crippen MR) is 143 cm³/mol. The van der Waals surface area contributed by atoms with Crippen LogP contribution in [0.25, 0.3) is 0 Å². The van der Waals surface area contributed by atoms with Crippen LogP contribution in [0.15, 0.2) is 11.6 Å². The lowest BCUT2D eigenvalue weighted by Crippen LogP contribution is -2.66. The molecule has 4 fully saturated rings. The molecule has 0 bridgehead atoms. The lowest BCUT2D eigenvalue weighted by atomic mass is 9.36. The van der Waals surface area contributed by atoms with Crippen molar-refractivity contribution >= 4 is 11.9 Å². The Bertz CT molecular complexity index is 925. The number of carboxylic acid groups (broad SMARTS) is 1. The summed E-state index contributed by atoms with van der Waals surface area (Å²) in [6.07, 6.45) is 6.77. The van der Waals surface area contributed by atoms with E-state index >= 15 is 0 Å². The maximum atomic E-state index is 12.7. The molecule has 0 amide bonds. The molecule has 0 saturated heterocycles. The van der Waals surface area contributed by atoms with E-state index in [-0.39, 0.29) is 52.0 Å². The average Bonchev–Trinajstić information content (AvgIpc) is 3.05. The van der Waals surface area contributed by atoms with Gasteiger partial charge in [-0.25, -0.2) is 0 Å². The molecule has 0 heterocycles. The number of aliphatic hydroxyl groups is 2. The normalized spacial score (nSPS) is 47.7. The smallest absolute Gasteiger partial charge is 0.306 e. The van der Waals surface area contributed by atoms with Crippen molar-refractivity contribution in [1.29, 1.82) is 0 Å². The standard InChI is InChI=1S/C31H50O6/c1-17(2)9-8-10-20(28(35)36)26-22-15-24(34)27-29(5)13-12-23(33)18(3)21(29)11-14-30(27,6)31(22,7)16-25(26)37-19(4)32/h9,18,20-27,33-34H,8,10-16H2,1-7H3,(H,35,36)/t18-,20+,21-,22-,23+,24+,25-,26+,27-,29-,30-,31-/m0/s1. The number of fused-ring (bicyclic) bond motifs is 5. The fourth-order valence-corrected chi connectivity index (χ4v) is 10.4. The summed E-state index contributed by atoms with van der Waals surface area (Å²) in [6.45, 7) is 14.6. The predicted octanol–water partition coefficient (Wildman–Crippen LogP) is 5.60. The molecule has 4 saturated carbocycles. The van der Waals surface area contributed by atoms with Crippen molar-refractivity contribution in [1.82, 2.24) is 0 Å². The zero-order chi connectivity index (χ0) is 27.5. The highest BCUT2D eigenvalue weighted by molar-refractivity contribution is 5.71. The second-order valence-corrected chi connectivity index (χ2v) is 14.1. The minimum atomic E-state index is -0.832. The number of allylic oxidation sites excluding steroid dienone is 2. The number of carbonyl (C=O) groups excluding carboxylic acids is 1. The van der Waals surface area contributed by atoms with Crippen LogP contribution in [0.3, 0.4) is 0 Å². The van der Waals surface area contributed by atoms with Gasteiger partial charge < -0.3 is 20.1 Å². The van der Waals surface area contributed by atoms with E-state index < -0.39 is 24.1 Å². The summed E-state index contributed by atoms with van der Waals surface area (Å²) in [5.41, 5.74) is 0.624. The molecule has 0 aromatic heterocycles. The van der Waals surface area contributed by atoms with Gasteiger partial charge in [0, 0.05) is 12.8 Å². The summed E-state index contributed by atoms with van der Waals surface area (Å²) in [5, 5.41) is 33.0. The van der Waals surface area contributed by atoms with Gasteiger partial charge in [0.05, 0.1) is 18.1 Å². The fraction of sp³-hybridized carbons (Fsp3) is 0.871. The third-order valence-corrected chi connectivity index (χ3v) is 12.1. The minimum Gasteiger partial charge on any atom is -0.481 e. The molecular formula is C31H50O6. The van der Waals surface area contributed by atoms with E-state index in [9.17, 15) is 24.9 Å².